The van der Waals surface area contributed by atoms with Crippen LogP contribution < -0.4 is 4.74 Å². The molecule has 0 aliphatic carbocycles. The summed E-state index contributed by atoms with van der Waals surface area (Å²) in [5.74, 6) is 0.759. The fourth-order valence-corrected chi connectivity index (χ4v) is 2.95. The molecular formula is C17H17NO3. The number of methoxy groups -OCH3 is 1. The van der Waals surface area contributed by atoms with Gasteiger partial charge in [0.1, 0.15) is 17.3 Å². The van der Waals surface area contributed by atoms with E-state index in [9.17, 15) is 10.4 Å². The number of nitriles is 1. The summed E-state index contributed by atoms with van der Waals surface area (Å²) in [5.41, 5.74) is -0.115. The van der Waals surface area contributed by atoms with E-state index >= 15 is 0 Å². The van der Waals surface area contributed by atoms with Crippen molar-refractivity contribution >= 4 is 10.8 Å². The molecule has 1 N–H and O–H groups in total. The highest BCUT2D eigenvalue weighted by Gasteiger charge is 2.43. The van der Waals surface area contributed by atoms with Gasteiger partial charge in [-0.25, -0.2) is 0 Å². The molecule has 0 amide bonds. The third kappa shape index (κ3) is 2.15. The van der Waals surface area contributed by atoms with Crippen molar-refractivity contribution in [2.24, 2.45) is 5.41 Å². The van der Waals surface area contributed by atoms with Gasteiger partial charge in [0.25, 0.3) is 0 Å². The molecule has 1 fully saturated rings. The molecule has 2 atom stereocenters. The zero-order valence-corrected chi connectivity index (χ0v) is 11.9. The average molecular weight is 283 g/mol. The van der Waals surface area contributed by atoms with E-state index in [2.05, 4.69) is 6.07 Å². The molecule has 0 spiro atoms. The number of benzene rings is 2. The topological polar surface area (TPSA) is 62.5 Å². The van der Waals surface area contributed by atoms with Gasteiger partial charge in [-0.15, -0.1) is 0 Å². The Morgan fingerprint density at radius 3 is 2.67 bits per heavy atom. The first-order chi connectivity index (χ1) is 10.2. The molecule has 0 saturated carbocycles. The summed E-state index contributed by atoms with van der Waals surface area (Å²) in [6, 6.07) is 13.7. The molecule has 21 heavy (non-hydrogen) atoms. The second kappa shape index (κ2) is 5.36. The summed E-state index contributed by atoms with van der Waals surface area (Å²) in [6.45, 7) is 0.781. The molecule has 0 aromatic heterocycles. The van der Waals surface area contributed by atoms with E-state index in [4.69, 9.17) is 9.47 Å². The fourth-order valence-electron chi connectivity index (χ4n) is 2.95. The Morgan fingerprint density at radius 1 is 1.29 bits per heavy atom. The van der Waals surface area contributed by atoms with Crippen molar-refractivity contribution in [1.82, 2.24) is 0 Å². The largest absolute Gasteiger partial charge is 0.496 e. The van der Waals surface area contributed by atoms with Gasteiger partial charge in [-0.1, -0.05) is 30.3 Å². The second-order valence-electron chi connectivity index (χ2n) is 5.38. The molecule has 2 aromatic carbocycles. The minimum atomic E-state index is -0.874. The smallest absolute Gasteiger partial charge is 0.126 e. The third-order valence-electron chi connectivity index (χ3n) is 4.23. The molecule has 3 rings (SSSR count). The summed E-state index contributed by atoms with van der Waals surface area (Å²) in [7, 11) is 1.62. The summed E-state index contributed by atoms with van der Waals surface area (Å²) in [4.78, 5) is 0. The highest BCUT2D eigenvalue weighted by atomic mass is 16.5. The van der Waals surface area contributed by atoms with E-state index in [1.807, 2.05) is 36.4 Å². The van der Waals surface area contributed by atoms with Crippen LogP contribution in [0.5, 0.6) is 5.75 Å². The van der Waals surface area contributed by atoms with Crippen LogP contribution in [0.2, 0.25) is 0 Å². The van der Waals surface area contributed by atoms with Crippen LogP contribution in [0.15, 0.2) is 36.4 Å². The number of ether oxygens (including phenoxy) is 2. The zero-order valence-electron chi connectivity index (χ0n) is 11.9. The SMILES string of the molecule is COc1ccc(C(O)C2(C#N)CCOC2)c2ccccc12. The van der Waals surface area contributed by atoms with Crippen LogP contribution in [0.25, 0.3) is 10.8 Å². The maximum Gasteiger partial charge on any atom is 0.126 e. The summed E-state index contributed by atoms with van der Waals surface area (Å²) in [5, 5.41) is 22.1. The number of hydrogen-bond donors (Lipinski definition) is 1. The van der Waals surface area contributed by atoms with Crippen molar-refractivity contribution < 1.29 is 14.6 Å². The quantitative estimate of drug-likeness (QED) is 0.941. The van der Waals surface area contributed by atoms with Gasteiger partial charge in [0.2, 0.25) is 0 Å². The molecule has 4 heteroatoms. The van der Waals surface area contributed by atoms with Crippen molar-refractivity contribution in [2.75, 3.05) is 20.3 Å². The lowest BCUT2D eigenvalue weighted by Gasteiger charge is -2.27. The first kappa shape index (κ1) is 13.9. The number of nitrogens with zero attached hydrogens (tertiary/aromatic N) is 1. The Kier molecular flexibility index (Phi) is 3.54. The van der Waals surface area contributed by atoms with Crippen molar-refractivity contribution in [3.63, 3.8) is 0 Å². The summed E-state index contributed by atoms with van der Waals surface area (Å²) < 4.78 is 10.7. The van der Waals surface area contributed by atoms with Gasteiger partial charge in [-0.05, 0) is 23.4 Å². The molecule has 1 heterocycles. The Hall–Kier alpha value is -2.09. The van der Waals surface area contributed by atoms with Gasteiger partial charge in [0, 0.05) is 12.0 Å². The van der Waals surface area contributed by atoms with Gasteiger partial charge >= 0.3 is 0 Å². The Balaban J connectivity index is 2.15. The third-order valence-corrected chi connectivity index (χ3v) is 4.23. The highest BCUT2D eigenvalue weighted by molar-refractivity contribution is 5.91. The van der Waals surface area contributed by atoms with Crippen LogP contribution >= 0.6 is 0 Å². The van der Waals surface area contributed by atoms with Gasteiger partial charge in [0.05, 0.1) is 19.8 Å². The predicted molar refractivity (Wildman–Crippen MR) is 78.9 cm³/mol. The van der Waals surface area contributed by atoms with Crippen molar-refractivity contribution in [2.45, 2.75) is 12.5 Å². The molecule has 4 nitrogen and oxygen atoms in total. The van der Waals surface area contributed by atoms with Gasteiger partial charge in [-0.3, -0.25) is 0 Å². The summed E-state index contributed by atoms with van der Waals surface area (Å²) >= 11 is 0. The van der Waals surface area contributed by atoms with Gasteiger partial charge in [-0.2, -0.15) is 5.26 Å². The number of aliphatic hydroxyl groups excluding tert-OH is 1. The minimum absolute atomic E-state index is 0.269. The summed E-state index contributed by atoms with van der Waals surface area (Å²) in [6.07, 6.45) is -0.328. The van der Waals surface area contributed by atoms with Crippen molar-refractivity contribution in [3.05, 3.63) is 42.0 Å². The number of hydrogen-bond acceptors (Lipinski definition) is 4. The van der Waals surface area contributed by atoms with Crippen LogP contribution in [0.3, 0.4) is 0 Å². The maximum atomic E-state index is 10.8. The lowest BCUT2D eigenvalue weighted by Crippen LogP contribution is -2.28. The molecule has 1 saturated heterocycles. The molecule has 0 radical (unpaired) electrons. The van der Waals surface area contributed by atoms with E-state index in [1.165, 1.54) is 0 Å². The Bertz CT molecular complexity index is 699. The van der Waals surface area contributed by atoms with Gasteiger partial charge in [0.15, 0.2) is 0 Å². The molecule has 2 aromatic rings. The van der Waals surface area contributed by atoms with E-state index in [0.717, 1.165) is 22.1 Å². The lowest BCUT2D eigenvalue weighted by atomic mass is 9.78. The molecule has 2 unspecified atom stereocenters. The van der Waals surface area contributed by atoms with Gasteiger partial charge < -0.3 is 14.6 Å². The molecule has 108 valence electrons. The lowest BCUT2D eigenvalue weighted by molar-refractivity contribution is 0.0514. The van der Waals surface area contributed by atoms with E-state index in [0.29, 0.717) is 13.0 Å². The number of rotatable bonds is 3. The van der Waals surface area contributed by atoms with E-state index < -0.39 is 11.5 Å². The molecule has 0 bridgehead atoms. The number of fused-ring (bicyclic) bond motifs is 1. The number of aliphatic hydroxyl groups is 1. The normalized spacial score (nSPS) is 22.9. The van der Waals surface area contributed by atoms with Crippen LogP contribution in [0.4, 0.5) is 0 Å². The minimum Gasteiger partial charge on any atom is -0.496 e. The highest BCUT2D eigenvalue weighted by Crippen LogP contribution is 2.43. The van der Waals surface area contributed by atoms with Crippen LogP contribution in [0, 0.1) is 16.7 Å². The first-order valence-electron chi connectivity index (χ1n) is 6.94. The van der Waals surface area contributed by atoms with Crippen LogP contribution in [0.1, 0.15) is 18.1 Å². The monoisotopic (exact) mass is 283 g/mol. The second-order valence-corrected chi connectivity index (χ2v) is 5.38. The Labute approximate surface area is 123 Å². The zero-order chi connectivity index (χ0) is 14.9. The predicted octanol–water partition coefficient (Wildman–Crippen LogP) is 2.81. The molecular weight excluding hydrogens is 266 g/mol. The van der Waals surface area contributed by atoms with E-state index in [-0.39, 0.29) is 6.61 Å². The standard InChI is InChI=1S/C17H17NO3/c1-20-15-7-6-14(12-4-2-3-5-13(12)15)16(19)17(10-18)8-9-21-11-17/h2-7,16,19H,8-9,11H2,1H3. The average Bonchev–Trinajstić information content (AvgIpc) is 3.03. The van der Waals surface area contributed by atoms with E-state index in [1.54, 1.807) is 7.11 Å². The van der Waals surface area contributed by atoms with Crippen molar-refractivity contribution in [1.29, 1.82) is 5.26 Å². The van der Waals surface area contributed by atoms with Crippen LogP contribution in [-0.4, -0.2) is 25.4 Å². The van der Waals surface area contributed by atoms with Crippen molar-refractivity contribution in [3.8, 4) is 11.8 Å². The maximum absolute atomic E-state index is 10.8. The van der Waals surface area contributed by atoms with Crippen LogP contribution in [-0.2, 0) is 4.74 Å². The Morgan fingerprint density at radius 2 is 2.05 bits per heavy atom. The molecule has 1 aliphatic rings. The molecule has 1 aliphatic heterocycles. The first-order valence-corrected chi connectivity index (χ1v) is 6.94. The fraction of sp³-hybridized carbons (Fsp3) is 0.353.